The molecular formula is C15H24N4OS. The zero-order valence-corrected chi connectivity index (χ0v) is 13.6. The number of hydrogen-bond donors (Lipinski definition) is 0. The topological polar surface area (TPSA) is 51.0 Å². The molecule has 1 aromatic heterocycles. The van der Waals surface area contributed by atoms with Gasteiger partial charge in [0.1, 0.15) is 5.82 Å². The normalized spacial score (nSPS) is 16.3. The summed E-state index contributed by atoms with van der Waals surface area (Å²) in [5.74, 6) is 1.51. The highest BCUT2D eigenvalue weighted by Gasteiger charge is 2.17. The average Bonchev–Trinajstić information content (AvgIpc) is 2.77. The van der Waals surface area contributed by atoms with Gasteiger partial charge in [0.15, 0.2) is 5.16 Å². The molecule has 2 rings (SSSR count). The monoisotopic (exact) mass is 308 g/mol. The fourth-order valence-corrected chi connectivity index (χ4v) is 3.42. The number of thioether (sulfide) groups is 1. The van der Waals surface area contributed by atoms with Crippen LogP contribution in [-0.2, 0) is 11.3 Å². The summed E-state index contributed by atoms with van der Waals surface area (Å²) in [5.41, 5.74) is 0. The van der Waals surface area contributed by atoms with Gasteiger partial charge in [-0.1, -0.05) is 37.1 Å². The number of allylic oxidation sites excluding steroid dienone is 1. The maximum Gasteiger partial charge on any atom is 0.233 e. The van der Waals surface area contributed by atoms with Gasteiger partial charge in [-0.05, 0) is 19.8 Å². The molecule has 0 atom stereocenters. The Morgan fingerprint density at radius 2 is 1.90 bits per heavy atom. The molecule has 116 valence electrons. The second-order valence-electron chi connectivity index (χ2n) is 5.37. The molecule has 2 heterocycles. The van der Waals surface area contributed by atoms with Crippen molar-refractivity contribution < 1.29 is 4.79 Å². The molecule has 0 unspecified atom stereocenters. The van der Waals surface area contributed by atoms with Crippen LogP contribution in [0.4, 0.5) is 0 Å². The van der Waals surface area contributed by atoms with E-state index in [0.717, 1.165) is 36.9 Å². The second kappa shape index (κ2) is 8.22. The molecule has 0 saturated carbocycles. The highest BCUT2D eigenvalue weighted by atomic mass is 32.2. The SMILES string of the molecule is C=CCn1c(C)nnc1SCC(=O)N1CCCCCCC1. The van der Waals surface area contributed by atoms with Crippen molar-refractivity contribution in [2.24, 2.45) is 0 Å². The fraction of sp³-hybridized carbons (Fsp3) is 0.667. The molecule has 0 bridgehead atoms. The van der Waals surface area contributed by atoms with Gasteiger partial charge in [-0.25, -0.2) is 0 Å². The first-order valence-corrected chi connectivity index (χ1v) is 8.62. The average molecular weight is 308 g/mol. The van der Waals surface area contributed by atoms with Crippen molar-refractivity contribution in [3.63, 3.8) is 0 Å². The summed E-state index contributed by atoms with van der Waals surface area (Å²) in [4.78, 5) is 14.3. The van der Waals surface area contributed by atoms with Crippen LogP contribution in [0.25, 0.3) is 0 Å². The van der Waals surface area contributed by atoms with E-state index in [4.69, 9.17) is 0 Å². The fourth-order valence-electron chi connectivity index (χ4n) is 2.52. The molecule has 0 radical (unpaired) electrons. The van der Waals surface area contributed by atoms with Crippen LogP contribution in [0.1, 0.15) is 37.9 Å². The molecule has 1 aliphatic heterocycles. The van der Waals surface area contributed by atoms with Gasteiger partial charge in [0, 0.05) is 19.6 Å². The minimum Gasteiger partial charge on any atom is -0.342 e. The molecule has 0 N–H and O–H groups in total. The summed E-state index contributed by atoms with van der Waals surface area (Å²) < 4.78 is 1.98. The lowest BCUT2D eigenvalue weighted by Crippen LogP contribution is -2.35. The number of carbonyl (C=O) groups is 1. The number of amides is 1. The van der Waals surface area contributed by atoms with Crippen molar-refractivity contribution in [3.05, 3.63) is 18.5 Å². The van der Waals surface area contributed by atoms with Gasteiger partial charge in [0.05, 0.1) is 5.75 Å². The Labute approximate surface area is 130 Å². The number of carbonyl (C=O) groups excluding carboxylic acids is 1. The molecule has 1 aliphatic rings. The van der Waals surface area contributed by atoms with Crippen molar-refractivity contribution in [2.45, 2.75) is 50.7 Å². The highest BCUT2D eigenvalue weighted by molar-refractivity contribution is 7.99. The first-order valence-electron chi connectivity index (χ1n) is 7.63. The van der Waals surface area contributed by atoms with Gasteiger partial charge < -0.3 is 9.47 Å². The Kier molecular flexibility index (Phi) is 6.29. The molecule has 0 spiro atoms. The predicted octanol–water partition coefficient (Wildman–Crippen LogP) is 2.66. The smallest absolute Gasteiger partial charge is 0.233 e. The summed E-state index contributed by atoms with van der Waals surface area (Å²) in [5, 5.41) is 9.01. The molecular weight excluding hydrogens is 284 g/mol. The zero-order valence-electron chi connectivity index (χ0n) is 12.8. The van der Waals surface area contributed by atoms with E-state index in [0.29, 0.717) is 12.3 Å². The van der Waals surface area contributed by atoms with Crippen LogP contribution in [0.5, 0.6) is 0 Å². The lowest BCUT2D eigenvalue weighted by molar-refractivity contribution is -0.128. The summed E-state index contributed by atoms with van der Waals surface area (Å²) in [6.07, 6.45) is 7.86. The third-order valence-corrected chi connectivity index (χ3v) is 4.70. The minimum atomic E-state index is 0.215. The van der Waals surface area contributed by atoms with E-state index in [1.54, 1.807) is 0 Å². The first kappa shape index (κ1) is 16.1. The Bertz CT molecular complexity index is 478. The number of aromatic nitrogens is 3. The van der Waals surface area contributed by atoms with E-state index in [1.807, 2.05) is 22.5 Å². The van der Waals surface area contributed by atoms with Crippen LogP contribution in [0.15, 0.2) is 17.8 Å². The minimum absolute atomic E-state index is 0.215. The van der Waals surface area contributed by atoms with E-state index in [9.17, 15) is 4.79 Å². The molecule has 1 aromatic rings. The van der Waals surface area contributed by atoms with E-state index in [-0.39, 0.29) is 5.91 Å². The molecule has 5 nitrogen and oxygen atoms in total. The quantitative estimate of drug-likeness (QED) is 0.620. The Hall–Kier alpha value is -1.30. The second-order valence-corrected chi connectivity index (χ2v) is 6.31. The summed E-state index contributed by atoms with van der Waals surface area (Å²) in [7, 11) is 0. The van der Waals surface area contributed by atoms with Crippen LogP contribution in [0.2, 0.25) is 0 Å². The van der Waals surface area contributed by atoms with Crippen LogP contribution in [0, 0.1) is 6.92 Å². The van der Waals surface area contributed by atoms with E-state index in [2.05, 4.69) is 16.8 Å². The Morgan fingerprint density at radius 1 is 1.24 bits per heavy atom. The molecule has 1 saturated heterocycles. The summed E-state index contributed by atoms with van der Waals surface area (Å²) >= 11 is 1.47. The standard InChI is InChI=1S/C15H24N4OS/c1-3-9-19-13(2)16-17-15(19)21-12-14(20)18-10-7-5-4-6-8-11-18/h3H,1,4-12H2,2H3. The molecule has 0 aliphatic carbocycles. The zero-order chi connectivity index (χ0) is 15.1. The summed E-state index contributed by atoms with van der Waals surface area (Å²) in [6.45, 7) is 8.14. The van der Waals surface area contributed by atoms with Gasteiger partial charge in [0.2, 0.25) is 5.91 Å². The summed E-state index contributed by atoms with van der Waals surface area (Å²) in [6, 6.07) is 0. The van der Waals surface area contributed by atoms with E-state index in [1.165, 1.54) is 31.0 Å². The van der Waals surface area contributed by atoms with E-state index >= 15 is 0 Å². The van der Waals surface area contributed by atoms with E-state index < -0.39 is 0 Å². The number of aryl methyl sites for hydroxylation is 1. The largest absolute Gasteiger partial charge is 0.342 e. The van der Waals surface area contributed by atoms with Gasteiger partial charge in [-0.15, -0.1) is 16.8 Å². The Balaban J connectivity index is 1.89. The molecule has 1 amide bonds. The lowest BCUT2D eigenvalue weighted by atomic mass is 10.1. The third-order valence-electron chi connectivity index (χ3n) is 3.75. The molecule has 21 heavy (non-hydrogen) atoms. The maximum absolute atomic E-state index is 12.3. The Morgan fingerprint density at radius 3 is 2.57 bits per heavy atom. The van der Waals surface area contributed by atoms with Crippen molar-refractivity contribution >= 4 is 17.7 Å². The predicted molar refractivity (Wildman–Crippen MR) is 85.3 cm³/mol. The maximum atomic E-state index is 12.3. The van der Waals surface area contributed by atoms with Crippen molar-refractivity contribution in [1.82, 2.24) is 19.7 Å². The molecule has 1 fully saturated rings. The van der Waals surface area contributed by atoms with Gasteiger partial charge >= 0.3 is 0 Å². The first-order chi connectivity index (χ1) is 10.2. The van der Waals surface area contributed by atoms with Crippen LogP contribution >= 0.6 is 11.8 Å². The van der Waals surface area contributed by atoms with Crippen molar-refractivity contribution in [3.8, 4) is 0 Å². The molecule has 0 aromatic carbocycles. The highest BCUT2D eigenvalue weighted by Crippen LogP contribution is 2.18. The van der Waals surface area contributed by atoms with Gasteiger partial charge in [0.25, 0.3) is 0 Å². The number of likely N-dealkylation sites (tertiary alicyclic amines) is 1. The number of hydrogen-bond acceptors (Lipinski definition) is 4. The van der Waals surface area contributed by atoms with Gasteiger partial charge in [-0.2, -0.15) is 0 Å². The number of rotatable bonds is 5. The van der Waals surface area contributed by atoms with Crippen molar-refractivity contribution in [2.75, 3.05) is 18.8 Å². The third kappa shape index (κ3) is 4.59. The van der Waals surface area contributed by atoms with Crippen LogP contribution in [-0.4, -0.2) is 44.4 Å². The number of nitrogens with zero attached hydrogens (tertiary/aromatic N) is 4. The van der Waals surface area contributed by atoms with Crippen LogP contribution < -0.4 is 0 Å². The lowest BCUT2D eigenvalue weighted by Gasteiger charge is -2.24. The molecule has 6 heteroatoms. The van der Waals surface area contributed by atoms with Gasteiger partial charge in [-0.3, -0.25) is 4.79 Å². The van der Waals surface area contributed by atoms with Crippen molar-refractivity contribution in [1.29, 1.82) is 0 Å². The van der Waals surface area contributed by atoms with Crippen LogP contribution in [0.3, 0.4) is 0 Å².